The zero-order valence-corrected chi connectivity index (χ0v) is 16.0. The fraction of sp³-hybridized carbons (Fsp3) is 0.368. The van der Waals surface area contributed by atoms with Gasteiger partial charge in [0.05, 0.1) is 11.7 Å². The van der Waals surface area contributed by atoms with Gasteiger partial charge in [0.15, 0.2) is 5.13 Å². The van der Waals surface area contributed by atoms with Crippen molar-refractivity contribution in [1.82, 2.24) is 24.8 Å². The molecule has 1 aromatic carbocycles. The number of imidazole rings is 1. The molecule has 0 aliphatic carbocycles. The summed E-state index contributed by atoms with van der Waals surface area (Å²) >= 11 is 1.65. The zero-order valence-electron chi connectivity index (χ0n) is 15.1. The Morgan fingerprint density at radius 3 is 2.92 bits per heavy atom. The highest BCUT2D eigenvalue weighted by atomic mass is 32.1. The molecule has 0 spiro atoms. The fourth-order valence-corrected chi connectivity index (χ4v) is 4.02. The molecule has 26 heavy (non-hydrogen) atoms. The number of anilines is 2. The second-order valence-electron chi connectivity index (χ2n) is 6.72. The lowest BCUT2D eigenvalue weighted by molar-refractivity contribution is 0.143. The van der Waals surface area contributed by atoms with E-state index in [-0.39, 0.29) is 6.04 Å². The number of hydrogen-bond acceptors (Lipinski definition) is 6. The third-order valence-corrected chi connectivity index (χ3v) is 5.54. The fourth-order valence-electron chi connectivity index (χ4n) is 3.29. The smallest absolute Gasteiger partial charge is 0.187 e. The topological polar surface area (TPSA) is 58.0 Å². The summed E-state index contributed by atoms with van der Waals surface area (Å²) in [7, 11) is 2.06. The molecule has 1 atom stereocenters. The molecule has 7 heteroatoms. The molecule has 6 nitrogen and oxygen atoms in total. The number of aryl methyl sites for hydroxylation is 2. The highest BCUT2D eigenvalue weighted by Gasteiger charge is 2.27. The molecule has 3 heterocycles. The number of benzene rings is 1. The van der Waals surface area contributed by atoms with Gasteiger partial charge in [0.1, 0.15) is 5.82 Å². The minimum Gasteiger partial charge on any atom is -0.337 e. The third-order valence-electron chi connectivity index (χ3n) is 4.73. The highest BCUT2D eigenvalue weighted by Crippen LogP contribution is 2.26. The van der Waals surface area contributed by atoms with E-state index in [1.54, 1.807) is 11.3 Å². The van der Waals surface area contributed by atoms with Crippen LogP contribution in [0, 0.1) is 6.92 Å². The largest absolute Gasteiger partial charge is 0.337 e. The van der Waals surface area contributed by atoms with Gasteiger partial charge in [0.25, 0.3) is 0 Å². The molecule has 0 amide bonds. The quantitative estimate of drug-likeness (QED) is 0.725. The van der Waals surface area contributed by atoms with Crippen molar-refractivity contribution in [2.45, 2.75) is 19.5 Å². The molecular weight excluding hydrogens is 344 g/mol. The van der Waals surface area contributed by atoms with Gasteiger partial charge in [-0.05, 0) is 19.1 Å². The van der Waals surface area contributed by atoms with Crippen molar-refractivity contribution in [3.8, 4) is 0 Å². The van der Waals surface area contributed by atoms with Crippen LogP contribution in [0.15, 0.2) is 42.0 Å². The van der Waals surface area contributed by atoms with E-state index < -0.39 is 0 Å². The van der Waals surface area contributed by atoms with E-state index in [9.17, 15) is 0 Å². The van der Waals surface area contributed by atoms with Gasteiger partial charge >= 0.3 is 0 Å². The minimum atomic E-state index is 0.277. The molecule has 4 rings (SSSR count). The van der Waals surface area contributed by atoms with Crippen LogP contribution in [0.2, 0.25) is 0 Å². The van der Waals surface area contributed by atoms with Crippen LogP contribution in [0.3, 0.4) is 0 Å². The standard InChI is InChI=1S/C19H24N6S/c1-14-3-5-15(6-4-14)22-19-23-16(13-26-19)12-25-10-7-20-11-17(25)18-21-8-9-24(18)2/h3-6,8-9,13,17,20H,7,10-12H2,1-2H3,(H,22,23). The molecule has 3 aromatic rings. The van der Waals surface area contributed by atoms with E-state index in [0.29, 0.717) is 0 Å². The van der Waals surface area contributed by atoms with Crippen LogP contribution in [0.5, 0.6) is 0 Å². The number of thiazole rings is 1. The van der Waals surface area contributed by atoms with E-state index in [1.807, 2.05) is 12.4 Å². The van der Waals surface area contributed by atoms with Gasteiger partial charge in [-0.3, -0.25) is 4.90 Å². The molecule has 136 valence electrons. The SMILES string of the molecule is Cc1ccc(Nc2nc(CN3CCNCC3c3nccn3C)cs2)cc1. The predicted molar refractivity (Wildman–Crippen MR) is 106 cm³/mol. The Bertz CT molecular complexity index is 853. The number of rotatable bonds is 5. The van der Waals surface area contributed by atoms with Crippen LogP contribution < -0.4 is 10.6 Å². The molecule has 1 aliphatic heterocycles. The van der Waals surface area contributed by atoms with Crippen LogP contribution in [-0.4, -0.2) is 39.1 Å². The average molecular weight is 369 g/mol. The Hall–Kier alpha value is -2.22. The van der Waals surface area contributed by atoms with Crippen molar-refractivity contribution >= 4 is 22.2 Å². The summed E-state index contributed by atoms with van der Waals surface area (Å²) in [5.41, 5.74) is 3.43. The van der Waals surface area contributed by atoms with Gasteiger partial charge in [-0.25, -0.2) is 9.97 Å². The van der Waals surface area contributed by atoms with Gasteiger partial charge in [0.2, 0.25) is 0 Å². The van der Waals surface area contributed by atoms with Crippen molar-refractivity contribution in [1.29, 1.82) is 0 Å². The Morgan fingerprint density at radius 2 is 2.15 bits per heavy atom. The molecule has 1 unspecified atom stereocenters. The van der Waals surface area contributed by atoms with Crippen molar-refractivity contribution < 1.29 is 0 Å². The van der Waals surface area contributed by atoms with Crippen molar-refractivity contribution in [3.63, 3.8) is 0 Å². The minimum absolute atomic E-state index is 0.277. The van der Waals surface area contributed by atoms with Gasteiger partial charge in [0, 0.05) is 56.7 Å². The van der Waals surface area contributed by atoms with Crippen LogP contribution in [0.4, 0.5) is 10.8 Å². The molecular formula is C19H24N6S. The van der Waals surface area contributed by atoms with E-state index in [0.717, 1.165) is 48.5 Å². The lowest BCUT2D eigenvalue weighted by atomic mass is 10.1. The molecule has 1 aliphatic rings. The number of piperazine rings is 1. The Kier molecular flexibility index (Phi) is 5.01. The molecule has 1 fully saturated rings. The molecule has 2 N–H and O–H groups in total. The summed E-state index contributed by atoms with van der Waals surface area (Å²) in [4.78, 5) is 11.8. The monoisotopic (exact) mass is 368 g/mol. The van der Waals surface area contributed by atoms with E-state index in [2.05, 4.69) is 68.7 Å². The summed E-state index contributed by atoms with van der Waals surface area (Å²) in [5.74, 6) is 1.10. The first-order chi connectivity index (χ1) is 12.7. The molecule has 2 aromatic heterocycles. The Morgan fingerprint density at radius 1 is 1.31 bits per heavy atom. The second-order valence-corrected chi connectivity index (χ2v) is 7.58. The number of nitrogens with one attached hydrogen (secondary N) is 2. The normalized spacial score (nSPS) is 18.2. The first-order valence-corrected chi connectivity index (χ1v) is 9.77. The summed E-state index contributed by atoms with van der Waals surface area (Å²) in [6.07, 6.45) is 3.88. The third kappa shape index (κ3) is 3.80. The molecule has 0 saturated carbocycles. The van der Waals surface area contributed by atoms with Gasteiger partial charge in [-0.1, -0.05) is 17.7 Å². The van der Waals surface area contributed by atoms with E-state index in [4.69, 9.17) is 4.98 Å². The number of hydrogen-bond donors (Lipinski definition) is 2. The van der Waals surface area contributed by atoms with Crippen molar-refractivity contribution in [2.75, 3.05) is 25.0 Å². The zero-order chi connectivity index (χ0) is 17.9. The van der Waals surface area contributed by atoms with E-state index >= 15 is 0 Å². The summed E-state index contributed by atoms with van der Waals surface area (Å²) in [6, 6.07) is 8.66. The van der Waals surface area contributed by atoms with Crippen molar-refractivity contribution in [2.24, 2.45) is 7.05 Å². The average Bonchev–Trinajstić information content (AvgIpc) is 3.26. The van der Waals surface area contributed by atoms with Crippen molar-refractivity contribution in [3.05, 3.63) is 59.1 Å². The lowest BCUT2D eigenvalue weighted by Gasteiger charge is -2.35. The van der Waals surface area contributed by atoms with E-state index in [1.165, 1.54) is 5.56 Å². The summed E-state index contributed by atoms with van der Waals surface area (Å²) < 4.78 is 2.11. The summed E-state index contributed by atoms with van der Waals surface area (Å²) in [5, 5.41) is 9.96. The maximum Gasteiger partial charge on any atom is 0.187 e. The first-order valence-electron chi connectivity index (χ1n) is 8.89. The second kappa shape index (κ2) is 7.57. The number of aromatic nitrogens is 3. The van der Waals surface area contributed by atoms with Gasteiger partial charge < -0.3 is 15.2 Å². The highest BCUT2D eigenvalue weighted by molar-refractivity contribution is 7.13. The lowest BCUT2D eigenvalue weighted by Crippen LogP contribution is -2.46. The molecule has 0 bridgehead atoms. The van der Waals surface area contributed by atoms with Gasteiger partial charge in [-0.15, -0.1) is 11.3 Å². The summed E-state index contributed by atoms with van der Waals surface area (Å²) in [6.45, 7) is 5.85. The predicted octanol–water partition coefficient (Wildman–Crippen LogP) is 3.08. The maximum atomic E-state index is 4.78. The Labute approximate surface area is 157 Å². The van der Waals surface area contributed by atoms with Crippen LogP contribution >= 0.6 is 11.3 Å². The maximum absolute atomic E-state index is 4.78. The van der Waals surface area contributed by atoms with Crippen LogP contribution in [-0.2, 0) is 13.6 Å². The Balaban J connectivity index is 1.45. The van der Waals surface area contributed by atoms with Crippen LogP contribution in [0.25, 0.3) is 0 Å². The molecule has 1 saturated heterocycles. The van der Waals surface area contributed by atoms with Gasteiger partial charge in [-0.2, -0.15) is 0 Å². The molecule has 0 radical (unpaired) electrons. The van der Waals surface area contributed by atoms with Crippen LogP contribution in [0.1, 0.15) is 23.1 Å². The number of nitrogens with zero attached hydrogens (tertiary/aromatic N) is 4. The first kappa shape index (κ1) is 17.2.